The molecule has 0 aliphatic carbocycles. The number of hydrogen-bond donors (Lipinski definition) is 2. The lowest BCUT2D eigenvalue weighted by molar-refractivity contribution is -0.134. The lowest BCUT2D eigenvalue weighted by atomic mass is 9.98. The lowest BCUT2D eigenvalue weighted by Gasteiger charge is -2.33. The molecule has 1 fully saturated rings. The fraction of sp³-hybridized carbons (Fsp3) is 0.556. The van der Waals surface area contributed by atoms with E-state index in [1.165, 1.54) is 6.07 Å². The molecule has 9 heteroatoms. The van der Waals surface area contributed by atoms with Gasteiger partial charge in [0, 0.05) is 25.4 Å². The van der Waals surface area contributed by atoms with E-state index >= 15 is 0 Å². The predicted molar refractivity (Wildman–Crippen MR) is 102 cm³/mol. The smallest absolute Gasteiger partial charge is 0.296 e. The number of nitrogens with zero attached hydrogens (tertiary/aromatic N) is 2. The molecule has 0 unspecified atom stereocenters. The van der Waals surface area contributed by atoms with Crippen molar-refractivity contribution in [2.75, 3.05) is 24.4 Å². The Morgan fingerprint density at radius 3 is 2.85 bits per heavy atom. The molecule has 1 aliphatic rings. The molecule has 27 heavy (non-hydrogen) atoms. The van der Waals surface area contributed by atoms with Gasteiger partial charge >= 0.3 is 0 Å². The van der Waals surface area contributed by atoms with E-state index in [2.05, 4.69) is 4.72 Å². The van der Waals surface area contributed by atoms with Gasteiger partial charge in [0.05, 0.1) is 12.3 Å². The van der Waals surface area contributed by atoms with Crippen molar-refractivity contribution in [3.63, 3.8) is 0 Å². The number of piperidine rings is 1. The summed E-state index contributed by atoms with van der Waals surface area (Å²) in [6, 6.07) is 6.59. The van der Waals surface area contributed by atoms with E-state index in [9.17, 15) is 18.5 Å². The Labute approximate surface area is 160 Å². The summed E-state index contributed by atoms with van der Waals surface area (Å²) < 4.78 is 30.4. The van der Waals surface area contributed by atoms with Gasteiger partial charge in [-0.2, -0.15) is 13.7 Å². The lowest BCUT2D eigenvalue weighted by Crippen LogP contribution is -2.42. The van der Waals surface area contributed by atoms with Crippen LogP contribution >= 0.6 is 0 Å². The van der Waals surface area contributed by atoms with E-state index in [1.807, 2.05) is 24.8 Å². The van der Waals surface area contributed by atoms with Crippen molar-refractivity contribution in [2.24, 2.45) is 17.0 Å². The molecule has 0 radical (unpaired) electrons. The highest BCUT2D eigenvalue weighted by atomic mass is 32.2. The molecule has 0 bridgehead atoms. The third-order valence-electron chi connectivity index (χ3n) is 4.32. The maximum Gasteiger partial charge on any atom is 0.296 e. The molecule has 1 aromatic carbocycles. The van der Waals surface area contributed by atoms with Gasteiger partial charge in [0.1, 0.15) is 17.4 Å². The number of nitrogens with one attached hydrogen (secondary N) is 1. The van der Waals surface area contributed by atoms with Gasteiger partial charge in [-0.05, 0) is 30.9 Å². The molecular formula is C18H26N4O4S. The highest BCUT2D eigenvalue weighted by Gasteiger charge is 2.25. The van der Waals surface area contributed by atoms with Crippen molar-refractivity contribution in [2.45, 2.75) is 33.1 Å². The maximum atomic E-state index is 12.3. The van der Waals surface area contributed by atoms with Gasteiger partial charge in [0.15, 0.2) is 0 Å². The summed E-state index contributed by atoms with van der Waals surface area (Å²) in [5.41, 5.74) is 0.157. The summed E-state index contributed by atoms with van der Waals surface area (Å²) in [6.45, 7) is 5.78. The Morgan fingerprint density at radius 2 is 2.22 bits per heavy atom. The van der Waals surface area contributed by atoms with Crippen LogP contribution in [0.5, 0.6) is 5.75 Å². The van der Waals surface area contributed by atoms with Gasteiger partial charge < -0.3 is 9.64 Å². The molecule has 1 aromatic rings. The number of hydrogen-bond acceptors (Lipinski definition) is 5. The fourth-order valence-electron chi connectivity index (χ4n) is 3.12. The molecule has 2 rings (SSSR count). The van der Waals surface area contributed by atoms with Crippen LogP contribution in [0.1, 0.15) is 38.7 Å². The summed E-state index contributed by atoms with van der Waals surface area (Å²) in [7, 11) is -3.99. The predicted octanol–water partition coefficient (Wildman–Crippen LogP) is 1.84. The second-order valence-corrected chi connectivity index (χ2v) is 8.49. The second kappa shape index (κ2) is 9.06. The van der Waals surface area contributed by atoms with Gasteiger partial charge in [-0.25, -0.2) is 5.14 Å². The molecular weight excluding hydrogens is 368 g/mol. The first-order chi connectivity index (χ1) is 12.7. The van der Waals surface area contributed by atoms with Crippen LogP contribution in [-0.4, -0.2) is 38.9 Å². The normalized spacial score (nSPS) is 17.4. The number of nitrogens with two attached hydrogens (primary N) is 1. The van der Waals surface area contributed by atoms with Crippen molar-refractivity contribution in [3.05, 3.63) is 23.8 Å². The first-order valence-electron chi connectivity index (χ1n) is 8.94. The van der Waals surface area contributed by atoms with E-state index in [0.29, 0.717) is 25.5 Å². The number of carbonyl (C=O) groups excluding carboxylic acids is 1. The molecule has 0 saturated carbocycles. The van der Waals surface area contributed by atoms with Crippen molar-refractivity contribution in [3.8, 4) is 11.8 Å². The molecule has 3 N–H and O–H groups in total. The number of amides is 1. The van der Waals surface area contributed by atoms with Crippen LogP contribution in [0.2, 0.25) is 0 Å². The zero-order valence-electron chi connectivity index (χ0n) is 15.6. The first-order valence-corrected chi connectivity index (χ1v) is 10.5. The zero-order chi connectivity index (χ0) is 20.0. The molecule has 8 nitrogen and oxygen atoms in total. The number of rotatable bonds is 7. The molecule has 1 heterocycles. The quantitative estimate of drug-likeness (QED) is 0.730. The third-order valence-corrected chi connectivity index (χ3v) is 4.82. The summed E-state index contributed by atoms with van der Waals surface area (Å²) in [4.78, 5) is 14.1. The Bertz CT molecular complexity index is 817. The second-order valence-electron chi connectivity index (χ2n) is 7.19. The monoisotopic (exact) mass is 394 g/mol. The molecule has 0 aromatic heterocycles. The highest BCUT2D eigenvalue weighted by Crippen LogP contribution is 2.27. The summed E-state index contributed by atoms with van der Waals surface area (Å²) in [5, 5.41) is 14.4. The minimum Gasteiger partial charge on any atom is -0.492 e. The van der Waals surface area contributed by atoms with Crippen LogP contribution in [0.4, 0.5) is 5.69 Å². The average Bonchev–Trinajstić information content (AvgIpc) is 2.58. The van der Waals surface area contributed by atoms with Crippen LogP contribution in [0.25, 0.3) is 0 Å². The molecule has 1 atom stereocenters. The molecule has 0 spiro atoms. The van der Waals surface area contributed by atoms with Crippen molar-refractivity contribution in [1.29, 1.82) is 5.26 Å². The standard InChI is InChI=1S/C18H26N4O4S/c1-13(2)9-18(23)22-8-4-5-14(11-22)12-26-17-7-3-6-16(15(17)10-19)21-27(20,24)25/h3,6-7,13-14,21H,4-5,8-9,11-12H2,1-2H3,(H2,20,24,25)/t14-/m0/s1. The van der Waals surface area contributed by atoms with Crippen molar-refractivity contribution < 1.29 is 17.9 Å². The van der Waals surface area contributed by atoms with Crippen LogP contribution in [-0.2, 0) is 15.0 Å². The number of anilines is 1. The molecule has 1 saturated heterocycles. The summed E-state index contributed by atoms with van der Waals surface area (Å²) in [6.07, 6.45) is 2.38. The molecule has 1 amide bonds. The third kappa shape index (κ3) is 6.41. The minimum absolute atomic E-state index is 0.0786. The topological polar surface area (TPSA) is 126 Å². The number of benzene rings is 1. The molecule has 148 valence electrons. The maximum absolute atomic E-state index is 12.3. The van der Waals surface area contributed by atoms with Gasteiger partial charge in [-0.1, -0.05) is 19.9 Å². The Morgan fingerprint density at radius 1 is 1.48 bits per heavy atom. The number of nitriles is 1. The van der Waals surface area contributed by atoms with Gasteiger partial charge in [-0.15, -0.1) is 0 Å². The van der Waals surface area contributed by atoms with E-state index in [4.69, 9.17) is 9.88 Å². The van der Waals surface area contributed by atoms with Gasteiger partial charge in [0.25, 0.3) is 10.2 Å². The van der Waals surface area contributed by atoms with Crippen LogP contribution in [0, 0.1) is 23.2 Å². The van der Waals surface area contributed by atoms with Gasteiger partial charge in [-0.3, -0.25) is 9.52 Å². The van der Waals surface area contributed by atoms with Crippen molar-refractivity contribution in [1.82, 2.24) is 4.90 Å². The number of carbonyl (C=O) groups is 1. The summed E-state index contributed by atoms with van der Waals surface area (Å²) >= 11 is 0. The SMILES string of the molecule is CC(C)CC(=O)N1CCC[C@H](COc2cccc(NS(N)(=O)=O)c2C#N)C1. The van der Waals surface area contributed by atoms with E-state index < -0.39 is 10.2 Å². The Hall–Kier alpha value is -2.31. The zero-order valence-corrected chi connectivity index (χ0v) is 16.5. The first kappa shape index (κ1) is 21.0. The number of ether oxygens (including phenoxy) is 1. The number of likely N-dealkylation sites (tertiary alicyclic amines) is 1. The highest BCUT2D eigenvalue weighted by molar-refractivity contribution is 7.90. The van der Waals surface area contributed by atoms with E-state index in [-0.39, 0.29) is 28.8 Å². The van der Waals surface area contributed by atoms with E-state index in [0.717, 1.165) is 19.4 Å². The Kier molecular flexibility index (Phi) is 7.05. The van der Waals surface area contributed by atoms with Crippen LogP contribution in [0.15, 0.2) is 18.2 Å². The van der Waals surface area contributed by atoms with Crippen LogP contribution < -0.4 is 14.6 Å². The molecule has 1 aliphatic heterocycles. The van der Waals surface area contributed by atoms with E-state index in [1.54, 1.807) is 12.1 Å². The van der Waals surface area contributed by atoms with Crippen LogP contribution in [0.3, 0.4) is 0 Å². The fourth-order valence-corrected chi connectivity index (χ4v) is 3.60. The van der Waals surface area contributed by atoms with Crippen molar-refractivity contribution >= 4 is 21.8 Å². The minimum atomic E-state index is -3.99. The Balaban J connectivity index is 2.03. The van der Waals surface area contributed by atoms with Gasteiger partial charge in [0.2, 0.25) is 5.91 Å². The summed E-state index contributed by atoms with van der Waals surface area (Å²) in [5.74, 6) is 0.932. The average molecular weight is 394 g/mol. The largest absolute Gasteiger partial charge is 0.492 e.